The van der Waals surface area contributed by atoms with Crippen molar-refractivity contribution in [3.8, 4) is 11.3 Å². The number of fused-ring (bicyclic) bond motifs is 1. The second kappa shape index (κ2) is 7.27. The number of hydrogen-bond donors (Lipinski definition) is 1. The molecule has 0 radical (unpaired) electrons. The van der Waals surface area contributed by atoms with Crippen molar-refractivity contribution in [2.75, 3.05) is 5.32 Å². The Labute approximate surface area is 167 Å². The topological polar surface area (TPSA) is 42.7 Å². The van der Waals surface area contributed by atoms with Crippen LogP contribution in [0.5, 0.6) is 0 Å². The molecule has 3 aromatic heterocycles. The van der Waals surface area contributed by atoms with Crippen LogP contribution in [-0.2, 0) is 7.05 Å². The largest absolute Gasteiger partial charge is 0.347 e. The maximum Gasteiger partial charge on any atom is 0.187 e. The molecular formula is C19H18Cl2N4S. The molecule has 4 nitrogen and oxygen atoms in total. The van der Waals surface area contributed by atoms with Gasteiger partial charge in [0.25, 0.3) is 0 Å². The van der Waals surface area contributed by atoms with Gasteiger partial charge in [0.05, 0.1) is 17.6 Å². The zero-order valence-corrected chi connectivity index (χ0v) is 17.0. The van der Waals surface area contributed by atoms with Crippen molar-refractivity contribution in [1.82, 2.24) is 14.5 Å². The van der Waals surface area contributed by atoms with Crippen molar-refractivity contribution in [2.45, 2.75) is 13.8 Å². The van der Waals surface area contributed by atoms with Crippen molar-refractivity contribution in [3.05, 3.63) is 58.3 Å². The van der Waals surface area contributed by atoms with Crippen LogP contribution in [0.25, 0.3) is 22.2 Å². The number of aromatic nitrogens is 3. The Morgan fingerprint density at radius 1 is 1.15 bits per heavy atom. The number of hydrogen-bond acceptors (Lipinski definition) is 4. The van der Waals surface area contributed by atoms with Crippen LogP contribution < -0.4 is 5.32 Å². The molecule has 0 saturated heterocycles. The van der Waals surface area contributed by atoms with Gasteiger partial charge in [0.2, 0.25) is 0 Å². The van der Waals surface area contributed by atoms with Gasteiger partial charge in [-0.15, -0.1) is 23.7 Å². The van der Waals surface area contributed by atoms with Crippen LogP contribution >= 0.6 is 35.3 Å². The molecule has 1 aromatic carbocycles. The summed E-state index contributed by atoms with van der Waals surface area (Å²) in [5.74, 6) is 0. The molecule has 0 amide bonds. The van der Waals surface area contributed by atoms with Crippen LogP contribution in [0.2, 0.25) is 5.02 Å². The van der Waals surface area contributed by atoms with E-state index >= 15 is 0 Å². The molecule has 0 saturated carbocycles. The fourth-order valence-electron chi connectivity index (χ4n) is 2.98. The van der Waals surface area contributed by atoms with E-state index < -0.39 is 0 Å². The number of nitrogens with one attached hydrogen (secondary N) is 1. The Kier molecular flexibility index (Phi) is 5.23. The lowest BCUT2D eigenvalue weighted by Crippen LogP contribution is -1.92. The molecule has 0 spiro atoms. The molecule has 4 aromatic rings. The van der Waals surface area contributed by atoms with E-state index in [1.807, 2.05) is 37.4 Å². The second-order valence-corrected chi connectivity index (χ2v) is 7.33. The minimum absolute atomic E-state index is 0. The highest BCUT2D eigenvalue weighted by Gasteiger charge is 2.16. The van der Waals surface area contributed by atoms with Crippen LogP contribution in [-0.4, -0.2) is 14.5 Å². The first-order valence-corrected chi connectivity index (χ1v) is 9.19. The number of benzene rings is 1. The highest BCUT2D eigenvalue weighted by molar-refractivity contribution is 7.14. The van der Waals surface area contributed by atoms with Crippen LogP contribution in [0.3, 0.4) is 0 Å². The highest BCUT2D eigenvalue weighted by atomic mass is 35.5. The molecule has 3 heterocycles. The molecule has 0 atom stereocenters. The minimum atomic E-state index is 0. The van der Waals surface area contributed by atoms with Gasteiger partial charge in [0, 0.05) is 45.3 Å². The first kappa shape index (κ1) is 18.7. The van der Waals surface area contributed by atoms with Crippen molar-refractivity contribution in [2.24, 2.45) is 7.05 Å². The third-order valence-electron chi connectivity index (χ3n) is 4.38. The van der Waals surface area contributed by atoms with Gasteiger partial charge in [0.1, 0.15) is 0 Å². The quantitative estimate of drug-likeness (QED) is 0.446. The summed E-state index contributed by atoms with van der Waals surface area (Å²) in [5, 5.41) is 8.10. The molecule has 0 aliphatic carbocycles. The molecule has 0 unspecified atom stereocenters. The van der Waals surface area contributed by atoms with Gasteiger partial charge in [0.15, 0.2) is 5.13 Å². The lowest BCUT2D eigenvalue weighted by atomic mass is 10.1. The van der Waals surface area contributed by atoms with Crippen molar-refractivity contribution in [3.63, 3.8) is 0 Å². The first-order valence-electron chi connectivity index (χ1n) is 7.93. The van der Waals surface area contributed by atoms with Crippen LogP contribution in [0, 0.1) is 13.8 Å². The van der Waals surface area contributed by atoms with Crippen molar-refractivity contribution < 1.29 is 0 Å². The Bertz CT molecular complexity index is 1070. The van der Waals surface area contributed by atoms with E-state index in [0.717, 1.165) is 43.7 Å². The van der Waals surface area contributed by atoms with E-state index in [1.54, 1.807) is 11.3 Å². The first-order chi connectivity index (χ1) is 12.0. The Hall–Kier alpha value is -2.08. The SMILES string of the molecule is Cc1ccc(Nc2nc(-c3c(C)n(C)c4ccc(Cl)cc34)cs2)cn1.Cl. The molecule has 0 aliphatic heterocycles. The molecule has 26 heavy (non-hydrogen) atoms. The summed E-state index contributed by atoms with van der Waals surface area (Å²) >= 11 is 7.80. The van der Waals surface area contributed by atoms with Gasteiger partial charge < -0.3 is 9.88 Å². The summed E-state index contributed by atoms with van der Waals surface area (Å²) < 4.78 is 2.18. The average Bonchev–Trinajstić information content (AvgIpc) is 3.13. The number of pyridine rings is 1. The van der Waals surface area contributed by atoms with Crippen molar-refractivity contribution in [1.29, 1.82) is 0 Å². The Morgan fingerprint density at radius 2 is 1.96 bits per heavy atom. The number of rotatable bonds is 3. The minimum Gasteiger partial charge on any atom is -0.347 e. The highest BCUT2D eigenvalue weighted by Crippen LogP contribution is 2.37. The fourth-order valence-corrected chi connectivity index (χ4v) is 3.87. The zero-order valence-electron chi connectivity index (χ0n) is 14.6. The van der Waals surface area contributed by atoms with Gasteiger partial charge in [-0.25, -0.2) is 4.98 Å². The van der Waals surface area contributed by atoms with Gasteiger partial charge in [-0.3, -0.25) is 4.98 Å². The number of anilines is 2. The number of halogens is 2. The molecule has 134 valence electrons. The third-order valence-corrected chi connectivity index (χ3v) is 5.37. The van der Waals surface area contributed by atoms with E-state index in [9.17, 15) is 0 Å². The van der Waals surface area contributed by atoms with Gasteiger partial charge in [-0.2, -0.15) is 0 Å². The maximum atomic E-state index is 6.22. The van der Waals surface area contributed by atoms with Crippen LogP contribution in [0.15, 0.2) is 41.9 Å². The predicted molar refractivity (Wildman–Crippen MR) is 113 cm³/mol. The maximum absolute atomic E-state index is 6.22. The van der Waals surface area contributed by atoms with Gasteiger partial charge in [-0.05, 0) is 44.2 Å². The van der Waals surface area contributed by atoms with Crippen LogP contribution in [0.1, 0.15) is 11.4 Å². The van der Waals surface area contributed by atoms with Gasteiger partial charge >= 0.3 is 0 Å². The van der Waals surface area contributed by atoms with Crippen molar-refractivity contribution >= 4 is 57.1 Å². The van der Waals surface area contributed by atoms with E-state index in [-0.39, 0.29) is 12.4 Å². The normalized spacial score (nSPS) is 10.8. The average molecular weight is 405 g/mol. The number of nitrogens with zero attached hydrogens (tertiary/aromatic N) is 3. The summed E-state index contributed by atoms with van der Waals surface area (Å²) in [6.07, 6.45) is 1.82. The summed E-state index contributed by atoms with van der Waals surface area (Å²) in [4.78, 5) is 9.08. The van der Waals surface area contributed by atoms with Gasteiger partial charge in [-0.1, -0.05) is 11.6 Å². The Balaban J connectivity index is 0.00000196. The molecule has 7 heteroatoms. The zero-order chi connectivity index (χ0) is 17.6. The third kappa shape index (κ3) is 3.30. The second-order valence-electron chi connectivity index (χ2n) is 6.03. The lowest BCUT2D eigenvalue weighted by molar-refractivity contribution is 0.919. The lowest BCUT2D eigenvalue weighted by Gasteiger charge is -2.02. The van der Waals surface area contributed by atoms with E-state index in [1.165, 1.54) is 5.69 Å². The monoisotopic (exact) mass is 404 g/mol. The van der Waals surface area contributed by atoms with Crippen LogP contribution in [0.4, 0.5) is 10.8 Å². The summed E-state index contributed by atoms with van der Waals surface area (Å²) in [5.41, 5.74) is 6.34. The number of thiazole rings is 1. The molecule has 1 N–H and O–H groups in total. The van der Waals surface area contributed by atoms with E-state index in [0.29, 0.717) is 0 Å². The Morgan fingerprint density at radius 3 is 2.69 bits per heavy atom. The van der Waals surface area contributed by atoms with E-state index in [2.05, 4.69) is 40.3 Å². The predicted octanol–water partition coefficient (Wildman–Crippen LogP) is 6.13. The van der Waals surface area contributed by atoms with E-state index in [4.69, 9.17) is 16.6 Å². The summed E-state index contributed by atoms with van der Waals surface area (Å²) in [7, 11) is 2.07. The number of aryl methyl sites for hydroxylation is 2. The summed E-state index contributed by atoms with van der Waals surface area (Å²) in [6, 6.07) is 9.97. The standard InChI is InChI=1S/C19H17ClN4S.ClH/c1-11-4-6-14(9-21-11)22-19-23-16(10-25-19)18-12(2)24(3)17-7-5-13(20)8-15(17)18;/h4-10H,1-3H3,(H,22,23);1H. The molecule has 4 rings (SSSR count). The summed E-state index contributed by atoms with van der Waals surface area (Å²) in [6.45, 7) is 4.08. The molecule has 0 bridgehead atoms. The fraction of sp³-hybridized carbons (Fsp3) is 0.158. The molecule has 0 aliphatic rings. The molecular weight excluding hydrogens is 387 g/mol. The smallest absolute Gasteiger partial charge is 0.187 e. The molecule has 0 fully saturated rings.